The summed E-state index contributed by atoms with van der Waals surface area (Å²) >= 11 is 0. The van der Waals surface area contributed by atoms with Gasteiger partial charge in [-0.3, -0.25) is 14.3 Å². The minimum atomic E-state index is -4.40. The zero-order valence-electron chi connectivity index (χ0n) is 15.9. The Morgan fingerprint density at radius 1 is 1.34 bits per heavy atom. The molecule has 3 rings (SSSR count). The van der Waals surface area contributed by atoms with E-state index in [1.165, 1.54) is 29.2 Å². The van der Waals surface area contributed by atoms with Crippen LogP contribution in [0.4, 0.5) is 13.2 Å². The zero-order valence-corrected chi connectivity index (χ0v) is 15.9. The third kappa shape index (κ3) is 4.85. The van der Waals surface area contributed by atoms with Gasteiger partial charge in [0.15, 0.2) is 0 Å². The second-order valence-corrected chi connectivity index (χ2v) is 7.12. The molecule has 0 radical (unpaired) electrons. The molecule has 0 atom stereocenters. The first kappa shape index (κ1) is 20.6. The normalized spacial score (nSPS) is 14.4. The van der Waals surface area contributed by atoms with E-state index in [0.717, 1.165) is 12.1 Å². The Kier molecular flexibility index (Phi) is 5.76. The van der Waals surface area contributed by atoms with Gasteiger partial charge in [0, 0.05) is 38.8 Å². The Labute approximate surface area is 166 Å². The molecule has 0 unspecified atom stereocenters. The minimum Gasteiger partial charge on any atom is -0.342 e. The molecule has 1 saturated heterocycles. The number of rotatable bonds is 6. The molecular formula is C20H21F3N4O2. The van der Waals surface area contributed by atoms with Crippen LogP contribution in [0.15, 0.2) is 49.3 Å². The molecule has 0 N–H and O–H groups in total. The number of alkyl halides is 3. The highest BCUT2D eigenvalue weighted by Crippen LogP contribution is 2.29. The predicted molar refractivity (Wildman–Crippen MR) is 100 cm³/mol. The molecule has 2 heterocycles. The lowest BCUT2D eigenvalue weighted by Gasteiger charge is -2.40. The van der Waals surface area contributed by atoms with E-state index in [2.05, 4.69) is 11.7 Å². The summed E-state index contributed by atoms with van der Waals surface area (Å²) in [5.41, 5.74) is 0.108. The Bertz CT molecular complexity index is 916. The maximum atomic E-state index is 12.8. The summed E-state index contributed by atoms with van der Waals surface area (Å²) in [6.07, 6.45) is -0.208. The highest BCUT2D eigenvalue weighted by Gasteiger charge is 2.33. The molecule has 29 heavy (non-hydrogen) atoms. The van der Waals surface area contributed by atoms with Crippen LogP contribution in [0.25, 0.3) is 0 Å². The molecule has 2 amide bonds. The Morgan fingerprint density at radius 3 is 2.72 bits per heavy atom. The summed E-state index contributed by atoms with van der Waals surface area (Å²) in [4.78, 5) is 27.3. The van der Waals surface area contributed by atoms with Crippen molar-refractivity contribution < 1.29 is 22.8 Å². The Balaban J connectivity index is 1.56. The van der Waals surface area contributed by atoms with Gasteiger partial charge in [-0.15, -0.1) is 0 Å². The average molecular weight is 406 g/mol. The fraction of sp³-hybridized carbons (Fsp3) is 0.350. The van der Waals surface area contributed by atoms with E-state index in [1.54, 1.807) is 22.9 Å². The summed E-state index contributed by atoms with van der Waals surface area (Å²) in [6.45, 7) is 5.19. The van der Waals surface area contributed by atoms with Crippen LogP contribution >= 0.6 is 0 Å². The van der Waals surface area contributed by atoms with Crippen LogP contribution in [0.1, 0.15) is 21.5 Å². The molecule has 1 aliphatic heterocycles. The monoisotopic (exact) mass is 406 g/mol. The van der Waals surface area contributed by atoms with E-state index >= 15 is 0 Å². The van der Waals surface area contributed by atoms with Gasteiger partial charge < -0.3 is 9.80 Å². The number of benzene rings is 1. The molecule has 6 nitrogen and oxygen atoms in total. The minimum absolute atomic E-state index is 0.133. The molecule has 9 heteroatoms. The van der Waals surface area contributed by atoms with Gasteiger partial charge in [-0.1, -0.05) is 18.7 Å². The van der Waals surface area contributed by atoms with E-state index in [4.69, 9.17) is 0 Å². The van der Waals surface area contributed by atoms with Crippen molar-refractivity contribution in [1.29, 1.82) is 0 Å². The Morgan fingerprint density at radius 2 is 2.07 bits per heavy atom. The molecule has 0 aliphatic carbocycles. The lowest BCUT2D eigenvalue weighted by atomic mass is 9.98. The zero-order chi connectivity index (χ0) is 21.2. The highest BCUT2D eigenvalue weighted by molar-refractivity contribution is 5.94. The maximum absolute atomic E-state index is 12.8. The molecule has 2 aromatic rings. The third-order valence-electron chi connectivity index (χ3n) is 4.81. The number of nitrogens with zero attached hydrogens (tertiary/aromatic N) is 4. The van der Waals surface area contributed by atoms with Crippen molar-refractivity contribution in [3.63, 3.8) is 0 Å². The molecule has 1 aromatic heterocycles. The van der Waals surface area contributed by atoms with Gasteiger partial charge in [0.1, 0.15) is 0 Å². The van der Waals surface area contributed by atoms with Crippen molar-refractivity contribution in [3.8, 4) is 0 Å². The van der Waals surface area contributed by atoms with Gasteiger partial charge in [-0.05, 0) is 23.8 Å². The number of likely N-dealkylation sites (tertiary alicyclic amines) is 1. The molecule has 1 fully saturated rings. The predicted octanol–water partition coefficient (Wildman–Crippen LogP) is 2.67. The number of hydrogen-bond acceptors (Lipinski definition) is 3. The van der Waals surface area contributed by atoms with Crippen LogP contribution in [-0.4, -0.2) is 58.1 Å². The van der Waals surface area contributed by atoms with Gasteiger partial charge in [-0.25, -0.2) is 0 Å². The van der Waals surface area contributed by atoms with Gasteiger partial charge in [0.25, 0.3) is 5.91 Å². The lowest BCUT2D eigenvalue weighted by Crippen LogP contribution is -2.53. The quantitative estimate of drug-likeness (QED) is 0.693. The van der Waals surface area contributed by atoms with Crippen LogP contribution in [-0.2, 0) is 17.5 Å². The average Bonchev–Trinajstić information content (AvgIpc) is 3.11. The van der Waals surface area contributed by atoms with Crippen molar-refractivity contribution in [1.82, 2.24) is 19.6 Å². The largest absolute Gasteiger partial charge is 0.416 e. The first-order valence-electron chi connectivity index (χ1n) is 9.02. The molecule has 1 aromatic carbocycles. The SMILES string of the molecule is C=CC(=O)N(C)CC1CN(C(=O)c2cnn(Cc3cccc(C(F)(F)F)c3)c2)C1. The van der Waals surface area contributed by atoms with Gasteiger partial charge >= 0.3 is 6.18 Å². The second-order valence-electron chi connectivity index (χ2n) is 7.12. The van der Waals surface area contributed by atoms with Crippen molar-refractivity contribution >= 4 is 11.8 Å². The Hall–Kier alpha value is -3.10. The first-order chi connectivity index (χ1) is 13.7. The smallest absolute Gasteiger partial charge is 0.342 e. The summed E-state index contributed by atoms with van der Waals surface area (Å²) in [5.74, 6) is -0.145. The second kappa shape index (κ2) is 8.10. The summed E-state index contributed by atoms with van der Waals surface area (Å²) in [6, 6.07) is 5.02. The number of aromatic nitrogens is 2. The standard InChI is InChI=1S/C20H21F3N4O2/c1-3-18(28)25(2)9-15-10-26(11-15)19(29)16-8-24-27(13-16)12-14-5-4-6-17(7-14)20(21,22)23/h3-8,13,15H,1,9-12H2,2H3. The number of hydrogen-bond donors (Lipinski definition) is 0. The van der Waals surface area contributed by atoms with Gasteiger partial charge in [0.2, 0.25) is 5.91 Å². The lowest BCUT2D eigenvalue weighted by molar-refractivity contribution is -0.137. The van der Waals surface area contributed by atoms with E-state index in [1.807, 2.05) is 0 Å². The van der Waals surface area contributed by atoms with Crippen LogP contribution in [0.2, 0.25) is 0 Å². The van der Waals surface area contributed by atoms with Crippen molar-refractivity contribution in [2.75, 3.05) is 26.7 Å². The summed E-state index contributed by atoms with van der Waals surface area (Å²) in [5, 5.41) is 4.09. The highest BCUT2D eigenvalue weighted by atomic mass is 19.4. The number of halogens is 3. The third-order valence-corrected chi connectivity index (χ3v) is 4.81. The fourth-order valence-corrected chi connectivity index (χ4v) is 3.26. The molecular weight excluding hydrogens is 385 g/mol. The van der Waals surface area contributed by atoms with Crippen LogP contribution in [0, 0.1) is 5.92 Å². The fourth-order valence-electron chi connectivity index (χ4n) is 3.26. The number of amides is 2. The summed E-state index contributed by atoms with van der Waals surface area (Å²) in [7, 11) is 1.69. The summed E-state index contributed by atoms with van der Waals surface area (Å²) < 4.78 is 39.9. The maximum Gasteiger partial charge on any atom is 0.416 e. The van der Waals surface area contributed by atoms with Gasteiger partial charge in [0.05, 0.1) is 23.9 Å². The topological polar surface area (TPSA) is 58.4 Å². The number of carbonyl (C=O) groups excluding carboxylic acids is 2. The molecule has 0 bridgehead atoms. The molecule has 1 aliphatic rings. The first-order valence-corrected chi connectivity index (χ1v) is 9.02. The van der Waals surface area contributed by atoms with E-state index in [-0.39, 0.29) is 24.3 Å². The molecule has 154 valence electrons. The van der Waals surface area contributed by atoms with Gasteiger partial charge in [-0.2, -0.15) is 18.3 Å². The van der Waals surface area contributed by atoms with E-state index in [9.17, 15) is 22.8 Å². The molecule has 0 saturated carbocycles. The number of carbonyl (C=O) groups is 2. The van der Waals surface area contributed by atoms with Crippen LogP contribution in [0.3, 0.4) is 0 Å². The van der Waals surface area contributed by atoms with E-state index < -0.39 is 11.7 Å². The van der Waals surface area contributed by atoms with Crippen molar-refractivity contribution in [2.45, 2.75) is 12.7 Å². The van der Waals surface area contributed by atoms with Crippen molar-refractivity contribution in [3.05, 3.63) is 66.0 Å². The van der Waals surface area contributed by atoms with Crippen molar-refractivity contribution in [2.24, 2.45) is 5.92 Å². The number of likely N-dealkylation sites (N-methyl/N-ethyl adjacent to an activating group) is 1. The van der Waals surface area contributed by atoms with Crippen LogP contribution in [0.5, 0.6) is 0 Å². The van der Waals surface area contributed by atoms with Crippen LogP contribution < -0.4 is 0 Å². The van der Waals surface area contributed by atoms with E-state index in [0.29, 0.717) is 30.8 Å². The molecule has 0 spiro atoms.